The maximum Gasteiger partial charge on any atom is 0.466 e. The zero-order valence-corrected chi connectivity index (χ0v) is 27.0. The molecule has 0 aromatic heterocycles. The van der Waals surface area contributed by atoms with Gasteiger partial charge in [0.2, 0.25) is 0 Å². The molecule has 0 saturated carbocycles. The number of hydrogen-bond acceptors (Lipinski definition) is 4. The maximum absolute atomic E-state index is 11.7. The molecule has 0 amide bonds. The van der Waals surface area contributed by atoms with E-state index in [-0.39, 0.29) is 33.2 Å². The molecule has 3 N–H and O–H groups in total. The van der Waals surface area contributed by atoms with Crippen LogP contribution in [0.1, 0.15) is 141 Å². The van der Waals surface area contributed by atoms with E-state index in [9.17, 15) is 15.6 Å². The molecule has 0 aromatic carbocycles. The second kappa shape index (κ2) is 13.2. The SMILES string of the molecule is CC1(C)CCCC(C)(C)N1[O].CC1(C)CCCC(C)(C)N1[O].CC1(C)CCCC(C)(C)N1[O].O=P(O)(O)O. The predicted molar refractivity (Wildman–Crippen MR) is 148 cm³/mol. The van der Waals surface area contributed by atoms with Crippen LogP contribution in [0.3, 0.4) is 0 Å². The van der Waals surface area contributed by atoms with Crippen molar-refractivity contribution in [2.24, 2.45) is 0 Å². The zero-order valence-electron chi connectivity index (χ0n) is 26.1. The van der Waals surface area contributed by atoms with Crippen LogP contribution < -0.4 is 0 Å². The molecule has 10 nitrogen and oxygen atoms in total. The molecule has 0 unspecified atom stereocenters. The zero-order chi connectivity index (χ0) is 30.6. The number of hydroxylamine groups is 6. The quantitative estimate of drug-likeness (QED) is 0.296. The Labute approximate surface area is 232 Å². The molecular weight excluding hydrogens is 509 g/mol. The van der Waals surface area contributed by atoms with Crippen molar-refractivity contribution in [2.75, 3.05) is 0 Å². The lowest BCUT2D eigenvalue weighted by Gasteiger charge is -2.46. The average molecular weight is 567 g/mol. The average Bonchev–Trinajstić information content (AvgIpc) is 2.68. The van der Waals surface area contributed by atoms with Crippen LogP contribution in [-0.2, 0) is 20.2 Å². The Kier molecular flexibility index (Phi) is 13.2. The van der Waals surface area contributed by atoms with Gasteiger partial charge in [-0.3, -0.25) is 0 Å². The van der Waals surface area contributed by atoms with Crippen LogP contribution in [0.15, 0.2) is 0 Å². The minimum Gasteiger partial charge on any atom is -0.303 e. The van der Waals surface area contributed by atoms with Gasteiger partial charge in [-0.2, -0.15) is 0 Å². The Morgan fingerprint density at radius 3 is 0.605 bits per heavy atom. The Hall–Kier alpha value is -0.130. The van der Waals surface area contributed by atoms with Crippen molar-refractivity contribution in [1.82, 2.24) is 15.2 Å². The number of rotatable bonds is 0. The molecule has 227 valence electrons. The van der Waals surface area contributed by atoms with E-state index >= 15 is 0 Å². The van der Waals surface area contributed by atoms with Crippen molar-refractivity contribution in [3.63, 3.8) is 0 Å². The summed E-state index contributed by atoms with van der Waals surface area (Å²) >= 11 is 0. The van der Waals surface area contributed by atoms with Gasteiger partial charge in [-0.1, -0.05) is 0 Å². The van der Waals surface area contributed by atoms with Gasteiger partial charge in [0.1, 0.15) is 0 Å². The van der Waals surface area contributed by atoms with Crippen LogP contribution in [0, 0.1) is 0 Å². The van der Waals surface area contributed by atoms with Gasteiger partial charge in [0.15, 0.2) is 0 Å². The molecular formula is C27H57N3O7P. The molecule has 0 aliphatic carbocycles. The van der Waals surface area contributed by atoms with Crippen LogP contribution in [0.4, 0.5) is 0 Å². The van der Waals surface area contributed by atoms with Crippen LogP contribution in [0.5, 0.6) is 0 Å². The highest BCUT2D eigenvalue weighted by Crippen LogP contribution is 2.38. The van der Waals surface area contributed by atoms with E-state index in [4.69, 9.17) is 19.2 Å². The Morgan fingerprint density at radius 2 is 0.526 bits per heavy atom. The summed E-state index contributed by atoms with van der Waals surface area (Å²) in [5.41, 5.74) is -0.906. The number of phosphoric acid groups is 1. The predicted octanol–water partition coefficient (Wildman–Crippen LogP) is 6.20. The summed E-state index contributed by atoms with van der Waals surface area (Å²) in [6.45, 7) is 24.3. The first-order chi connectivity index (χ1) is 16.6. The van der Waals surface area contributed by atoms with Gasteiger partial charge < -0.3 is 14.7 Å². The molecule has 11 heteroatoms. The first-order valence-corrected chi connectivity index (χ1v) is 15.4. The van der Waals surface area contributed by atoms with Crippen molar-refractivity contribution in [3.8, 4) is 0 Å². The Bertz CT molecular complexity index is 637. The summed E-state index contributed by atoms with van der Waals surface area (Å²) < 4.78 is 8.88. The smallest absolute Gasteiger partial charge is 0.303 e. The van der Waals surface area contributed by atoms with Gasteiger partial charge in [-0.15, -0.1) is 30.8 Å². The molecule has 3 aliphatic rings. The van der Waals surface area contributed by atoms with E-state index in [1.54, 1.807) is 0 Å². The molecule has 3 radical (unpaired) electrons. The van der Waals surface area contributed by atoms with Crippen LogP contribution >= 0.6 is 7.82 Å². The van der Waals surface area contributed by atoms with E-state index in [2.05, 4.69) is 0 Å². The number of hydrogen-bond donors (Lipinski definition) is 3. The highest BCUT2D eigenvalue weighted by Gasteiger charge is 2.43. The third-order valence-electron chi connectivity index (χ3n) is 8.03. The van der Waals surface area contributed by atoms with Crippen LogP contribution in [0.25, 0.3) is 0 Å². The Balaban J connectivity index is 0.000000497. The van der Waals surface area contributed by atoms with Gasteiger partial charge in [-0.05, 0) is 141 Å². The second-order valence-corrected chi connectivity index (χ2v) is 15.9. The number of piperidine rings is 3. The largest absolute Gasteiger partial charge is 0.466 e. The molecule has 3 rings (SSSR count). The third kappa shape index (κ3) is 12.2. The van der Waals surface area contributed by atoms with E-state index in [0.717, 1.165) is 38.5 Å². The van der Waals surface area contributed by atoms with Gasteiger partial charge >= 0.3 is 7.82 Å². The summed E-state index contributed by atoms with van der Waals surface area (Å²) in [5.74, 6) is 0. The van der Waals surface area contributed by atoms with Gasteiger partial charge in [0.25, 0.3) is 0 Å². The van der Waals surface area contributed by atoms with Gasteiger partial charge in [0, 0.05) is 33.2 Å². The summed E-state index contributed by atoms with van der Waals surface area (Å²) in [6, 6.07) is 0. The normalized spacial score (nSPS) is 27.8. The van der Waals surface area contributed by atoms with E-state index < -0.39 is 7.82 Å². The molecule has 0 aromatic rings. The molecule has 3 saturated heterocycles. The summed E-state index contributed by atoms with van der Waals surface area (Å²) in [7, 11) is -4.64. The summed E-state index contributed by atoms with van der Waals surface area (Å²) in [4.78, 5) is 21.6. The van der Waals surface area contributed by atoms with Crippen LogP contribution in [0.2, 0.25) is 0 Å². The maximum atomic E-state index is 11.7. The molecule has 0 atom stereocenters. The fraction of sp³-hybridized carbons (Fsp3) is 1.00. The van der Waals surface area contributed by atoms with Crippen molar-refractivity contribution in [3.05, 3.63) is 0 Å². The van der Waals surface area contributed by atoms with E-state index in [0.29, 0.717) is 0 Å². The molecule has 0 spiro atoms. The second-order valence-electron chi connectivity index (χ2n) is 14.8. The topological polar surface area (TPSA) is 147 Å². The molecule has 0 bridgehead atoms. The highest BCUT2D eigenvalue weighted by molar-refractivity contribution is 7.45. The lowest BCUT2D eigenvalue weighted by atomic mass is 9.82. The fourth-order valence-corrected chi connectivity index (χ4v) is 5.93. The lowest BCUT2D eigenvalue weighted by molar-refractivity contribution is -0.286. The lowest BCUT2D eigenvalue weighted by Crippen LogP contribution is -2.55. The minimum atomic E-state index is -4.64. The number of nitrogens with zero attached hydrogens (tertiary/aromatic N) is 3. The standard InChI is InChI=1S/3C9H18NO.H3O4P/c3*1-8(2)6-5-7-9(3,4)10(8)11;1-5(2,3)4/h3*5-7H2,1-4H3;(H3,1,2,3,4). The van der Waals surface area contributed by atoms with Crippen LogP contribution in [-0.4, -0.2) is 63.1 Å². The first-order valence-electron chi connectivity index (χ1n) is 13.8. The van der Waals surface area contributed by atoms with E-state index in [1.807, 2.05) is 83.1 Å². The molecule has 3 aliphatic heterocycles. The van der Waals surface area contributed by atoms with Crippen molar-refractivity contribution in [1.29, 1.82) is 0 Å². The first kappa shape index (κ1) is 37.9. The monoisotopic (exact) mass is 566 g/mol. The van der Waals surface area contributed by atoms with Gasteiger partial charge in [-0.25, -0.2) is 4.57 Å². The highest BCUT2D eigenvalue weighted by atomic mass is 31.2. The third-order valence-corrected chi connectivity index (χ3v) is 8.03. The van der Waals surface area contributed by atoms with Gasteiger partial charge in [0.05, 0.1) is 0 Å². The Morgan fingerprint density at radius 1 is 0.421 bits per heavy atom. The molecule has 3 fully saturated rings. The summed E-state index contributed by atoms with van der Waals surface area (Å²) in [5, 5.41) is 38.9. The van der Waals surface area contributed by atoms with Crippen molar-refractivity contribution < 1.29 is 34.9 Å². The summed E-state index contributed by atoms with van der Waals surface area (Å²) in [6.07, 6.45) is 9.70. The van der Waals surface area contributed by atoms with Crippen molar-refractivity contribution >= 4 is 7.82 Å². The molecule has 3 heterocycles. The van der Waals surface area contributed by atoms with E-state index in [1.165, 1.54) is 34.5 Å². The minimum absolute atomic E-state index is 0.151. The van der Waals surface area contributed by atoms with Crippen molar-refractivity contribution in [2.45, 2.75) is 174 Å². The fourth-order valence-electron chi connectivity index (χ4n) is 5.93. The molecule has 38 heavy (non-hydrogen) atoms.